The molecule has 6 heteroatoms. The highest BCUT2D eigenvalue weighted by molar-refractivity contribution is 5.97. The molecule has 0 bridgehead atoms. The fourth-order valence-corrected chi connectivity index (χ4v) is 3.56. The number of aromatic nitrogens is 5. The van der Waals surface area contributed by atoms with Crippen molar-refractivity contribution < 1.29 is 4.79 Å². The Kier molecular flexibility index (Phi) is 3.86. The van der Waals surface area contributed by atoms with E-state index >= 15 is 0 Å². The van der Waals surface area contributed by atoms with Crippen molar-refractivity contribution in [2.45, 2.75) is 39.0 Å². The highest BCUT2D eigenvalue weighted by Gasteiger charge is 2.25. The Hall–Kier alpha value is -3.28. The van der Waals surface area contributed by atoms with Crippen molar-refractivity contribution in [3.05, 3.63) is 64.9 Å². The second-order valence-corrected chi connectivity index (χ2v) is 7.63. The zero-order chi connectivity index (χ0) is 19.3. The van der Waals surface area contributed by atoms with E-state index in [4.69, 9.17) is 0 Å². The van der Waals surface area contributed by atoms with Gasteiger partial charge in [0, 0.05) is 58.3 Å². The molecule has 0 amide bonds. The molecule has 0 unspecified atom stereocenters. The third kappa shape index (κ3) is 3.01. The van der Waals surface area contributed by atoms with Gasteiger partial charge in [-0.2, -0.15) is 5.10 Å². The molecule has 0 atom stereocenters. The summed E-state index contributed by atoms with van der Waals surface area (Å²) in [5, 5.41) is 8.01. The lowest BCUT2D eigenvalue weighted by Gasteiger charge is -2.01. The van der Waals surface area contributed by atoms with E-state index < -0.39 is 0 Å². The minimum atomic E-state index is 0.00182. The monoisotopic (exact) mass is 371 g/mol. The molecule has 0 saturated heterocycles. The molecule has 0 aromatic carbocycles. The van der Waals surface area contributed by atoms with Crippen LogP contribution in [0.1, 0.15) is 51.8 Å². The molecule has 2 N–H and O–H groups in total. The smallest absolute Gasteiger partial charge is 0.187 e. The molecule has 4 heterocycles. The van der Waals surface area contributed by atoms with Crippen LogP contribution >= 0.6 is 0 Å². The molecule has 1 aliphatic carbocycles. The molecular formula is C22H21N5O. The normalized spacial score (nSPS) is 13.9. The number of rotatable bonds is 5. The quantitative estimate of drug-likeness (QED) is 0.513. The van der Waals surface area contributed by atoms with Crippen LogP contribution in [0.5, 0.6) is 0 Å². The van der Waals surface area contributed by atoms with Crippen LogP contribution in [0, 0.1) is 13.8 Å². The van der Waals surface area contributed by atoms with Crippen LogP contribution < -0.4 is 0 Å². The molecule has 1 aliphatic rings. The number of H-pyrrole nitrogens is 2. The van der Waals surface area contributed by atoms with Crippen LogP contribution in [0.3, 0.4) is 0 Å². The Morgan fingerprint density at radius 3 is 2.79 bits per heavy atom. The fraction of sp³-hybridized carbons (Fsp3) is 0.273. The first-order valence-corrected chi connectivity index (χ1v) is 9.57. The van der Waals surface area contributed by atoms with Gasteiger partial charge in [0.05, 0.1) is 0 Å². The van der Waals surface area contributed by atoms with E-state index in [2.05, 4.69) is 37.3 Å². The van der Waals surface area contributed by atoms with Gasteiger partial charge in [-0.15, -0.1) is 0 Å². The van der Waals surface area contributed by atoms with Crippen molar-refractivity contribution in [1.82, 2.24) is 25.1 Å². The molecule has 1 saturated carbocycles. The summed E-state index contributed by atoms with van der Waals surface area (Å²) in [6.07, 6.45) is 6.39. The number of carbonyl (C=O) groups excluding carboxylic acids is 1. The number of ketones is 1. The molecule has 0 spiro atoms. The van der Waals surface area contributed by atoms with Crippen molar-refractivity contribution in [1.29, 1.82) is 0 Å². The van der Waals surface area contributed by atoms with E-state index in [9.17, 15) is 4.79 Å². The number of aryl methyl sites for hydroxylation is 1. The van der Waals surface area contributed by atoms with Gasteiger partial charge in [-0.3, -0.25) is 14.9 Å². The third-order valence-electron chi connectivity index (χ3n) is 5.50. The Bertz CT molecular complexity index is 1200. The number of nitrogens with one attached hydrogen (secondary N) is 2. The van der Waals surface area contributed by atoms with E-state index in [0.717, 1.165) is 39.1 Å². The van der Waals surface area contributed by atoms with E-state index in [0.29, 0.717) is 11.6 Å². The lowest BCUT2D eigenvalue weighted by atomic mass is 10.0. The number of fused-ring (bicyclic) bond motifs is 1. The van der Waals surface area contributed by atoms with Gasteiger partial charge in [0.2, 0.25) is 0 Å². The van der Waals surface area contributed by atoms with Crippen molar-refractivity contribution in [3.8, 4) is 11.3 Å². The van der Waals surface area contributed by atoms with Gasteiger partial charge < -0.3 is 4.98 Å². The summed E-state index contributed by atoms with van der Waals surface area (Å²) in [5.74, 6) is 0.621. The van der Waals surface area contributed by atoms with E-state index in [-0.39, 0.29) is 12.2 Å². The first-order chi connectivity index (χ1) is 13.6. The highest BCUT2D eigenvalue weighted by atomic mass is 16.1. The highest BCUT2D eigenvalue weighted by Crippen LogP contribution is 2.40. The van der Waals surface area contributed by atoms with E-state index in [1.54, 1.807) is 6.20 Å². The standard InChI is InChI=1S/C22H21N5O/c1-12-13(2)26-27-21(12)20(28)8-14-7-17-10-19(25-22(17)24-11-14)16-5-6-23-18(9-16)15-3-4-15/h5-7,9-11,15H,3-4,8H2,1-2H3,(H,24,25)(H,26,27). The number of nitrogens with zero attached hydrogens (tertiary/aromatic N) is 3. The Labute approximate surface area is 162 Å². The average molecular weight is 371 g/mol. The first kappa shape index (κ1) is 16.9. The van der Waals surface area contributed by atoms with Crippen LogP contribution in [0.15, 0.2) is 36.7 Å². The van der Waals surface area contributed by atoms with Crippen molar-refractivity contribution >= 4 is 16.8 Å². The van der Waals surface area contributed by atoms with Gasteiger partial charge >= 0.3 is 0 Å². The average Bonchev–Trinajstić information content (AvgIpc) is 3.38. The Balaban J connectivity index is 1.43. The lowest BCUT2D eigenvalue weighted by Crippen LogP contribution is -2.06. The minimum Gasteiger partial charge on any atom is -0.339 e. The molecule has 0 aliphatic heterocycles. The largest absolute Gasteiger partial charge is 0.339 e. The van der Waals surface area contributed by atoms with Crippen LogP contribution in [0.2, 0.25) is 0 Å². The maximum atomic E-state index is 12.6. The summed E-state index contributed by atoms with van der Waals surface area (Å²) in [5.41, 5.74) is 7.36. The van der Waals surface area contributed by atoms with Gasteiger partial charge in [-0.1, -0.05) is 0 Å². The Morgan fingerprint density at radius 2 is 2.04 bits per heavy atom. The SMILES string of the molecule is Cc1[nH]nc(C(=O)Cc2cnc3[nH]c(-c4ccnc(C5CC5)c4)cc3c2)c1C. The molecule has 0 radical (unpaired) electrons. The van der Waals surface area contributed by atoms with Gasteiger partial charge in [-0.25, -0.2) is 4.98 Å². The van der Waals surface area contributed by atoms with Crippen molar-refractivity contribution in [2.24, 2.45) is 0 Å². The third-order valence-corrected chi connectivity index (χ3v) is 5.50. The molecule has 28 heavy (non-hydrogen) atoms. The predicted octanol–water partition coefficient (Wildman–Crippen LogP) is 4.27. The van der Waals surface area contributed by atoms with Gasteiger partial charge in [0.25, 0.3) is 0 Å². The number of pyridine rings is 2. The summed E-state index contributed by atoms with van der Waals surface area (Å²) in [6, 6.07) is 8.30. The molecule has 1 fully saturated rings. The second kappa shape index (κ2) is 6.41. The molecule has 4 aromatic rings. The number of aromatic amines is 2. The number of hydrogen-bond donors (Lipinski definition) is 2. The summed E-state index contributed by atoms with van der Waals surface area (Å²) in [7, 11) is 0. The van der Waals surface area contributed by atoms with Crippen LogP contribution in [0.25, 0.3) is 22.3 Å². The number of carbonyl (C=O) groups is 1. The molecule has 6 nitrogen and oxygen atoms in total. The lowest BCUT2D eigenvalue weighted by molar-refractivity contribution is 0.0987. The van der Waals surface area contributed by atoms with Gasteiger partial charge in [0.1, 0.15) is 11.3 Å². The fourth-order valence-electron chi connectivity index (χ4n) is 3.56. The van der Waals surface area contributed by atoms with Crippen molar-refractivity contribution in [3.63, 3.8) is 0 Å². The predicted molar refractivity (Wildman–Crippen MR) is 107 cm³/mol. The van der Waals surface area contributed by atoms with Crippen LogP contribution in [-0.2, 0) is 6.42 Å². The van der Waals surface area contributed by atoms with Crippen molar-refractivity contribution in [2.75, 3.05) is 0 Å². The van der Waals surface area contributed by atoms with Crippen LogP contribution in [0.4, 0.5) is 0 Å². The zero-order valence-electron chi connectivity index (χ0n) is 15.9. The Morgan fingerprint density at radius 1 is 1.18 bits per heavy atom. The summed E-state index contributed by atoms with van der Waals surface area (Å²) in [6.45, 7) is 3.83. The molecule has 5 rings (SSSR count). The maximum Gasteiger partial charge on any atom is 0.187 e. The summed E-state index contributed by atoms with van der Waals surface area (Å²) >= 11 is 0. The second-order valence-electron chi connectivity index (χ2n) is 7.63. The first-order valence-electron chi connectivity index (χ1n) is 9.57. The topological polar surface area (TPSA) is 87.3 Å². The van der Waals surface area contributed by atoms with Gasteiger partial charge in [0.15, 0.2) is 5.78 Å². The van der Waals surface area contributed by atoms with Gasteiger partial charge in [-0.05, 0) is 56.5 Å². The molecular weight excluding hydrogens is 350 g/mol. The van der Waals surface area contributed by atoms with Crippen LogP contribution in [-0.4, -0.2) is 30.9 Å². The summed E-state index contributed by atoms with van der Waals surface area (Å²) in [4.78, 5) is 25.0. The maximum absolute atomic E-state index is 12.6. The minimum absolute atomic E-state index is 0.00182. The van der Waals surface area contributed by atoms with E-state index in [1.165, 1.54) is 18.5 Å². The number of hydrogen-bond acceptors (Lipinski definition) is 4. The number of Topliss-reactive ketones (excluding diaryl/α,β-unsaturated/α-hetero) is 1. The summed E-state index contributed by atoms with van der Waals surface area (Å²) < 4.78 is 0. The molecule has 140 valence electrons. The molecule has 4 aromatic heterocycles. The van der Waals surface area contributed by atoms with E-state index in [1.807, 2.05) is 32.2 Å². The zero-order valence-corrected chi connectivity index (χ0v) is 15.9.